The predicted molar refractivity (Wildman–Crippen MR) is 128 cm³/mol. The third-order valence-corrected chi connectivity index (χ3v) is 7.95. The van der Waals surface area contributed by atoms with E-state index in [1.165, 1.54) is 18.9 Å². The number of carbonyl (C=O) groups is 5. The highest BCUT2D eigenvalue weighted by atomic mass is 32.2. The number of nitrogens with two attached hydrogens (primary N) is 1. The number of carbonyl (C=O) groups excluding carboxylic acids is 3. The van der Waals surface area contributed by atoms with Crippen molar-refractivity contribution in [1.29, 1.82) is 0 Å². The number of rotatable bonds is 11. The number of ether oxygens (including phenoxy) is 1. The largest absolute Gasteiger partial charge is 0.480 e. The number of carboxylic acid groups (broad SMARTS) is 2. The second kappa shape index (κ2) is 11.2. The fourth-order valence-electron chi connectivity index (χ4n) is 3.74. The second-order valence-electron chi connectivity index (χ2n) is 7.86. The zero-order valence-corrected chi connectivity index (χ0v) is 20.4. The maximum atomic E-state index is 13.1. The number of nitrogens with zero attached hydrogens (tertiary/aromatic N) is 1. The molecule has 1 aromatic carbocycles. The van der Waals surface area contributed by atoms with E-state index >= 15 is 0 Å². The number of fused-ring (bicyclic) bond motifs is 1. The first-order valence-electron chi connectivity index (χ1n) is 10.6. The van der Waals surface area contributed by atoms with Crippen LogP contribution in [0.5, 0.6) is 0 Å². The van der Waals surface area contributed by atoms with Crippen molar-refractivity contribution in [3.05, 3.63) is 47.2 Å². The van der Waals surface area contributed by atoms with Crippen molar-refractivity contribution in [2.75, 3.05) is 18.6 Å². The van der Waals surface area contributed by atoms with E-state index in [4.69, 9.17) is 15.6 Å². The molecule has 5 N–H and O–H groups in total. The summed E-state index contributed by atoms with van der Waals surface area (Å²) in [5.41, 5.74) is 4.38. The molecule has 0 aromatic heterocycles. The van der Waals surface area contributed by atoms with Crippen LogP contribution in [0.4, 0.5) is 0 Å². The fourth-order valence-corrected chi connectivity index (χ4v) is 6.15. The van der Waals surface area contributed by atoms with Gasteiger partial charge in [-0.05, 0) is 18.4 Å². The zero-order chi connectivity index (χ0) is 25.8. The number of hydrogen-bond acceptors (Lipinski definition) is 9. The first-order chi connectivity index (χ1) is 16.6. The van der Waals surface area contributed by atoms with Crippen LogP contribution in [0.15, 0.2) is 41.6 Å². The van der Waals surface area contributed by atoms with Gasteiger partial charge >= 0.3 is 11.9 Å². The first kappa shape index (κ1) is 26.7. The quantitative estimate of drug-likeness (QED) is 0.239. The van der Waals surface area contributed by atoms with Gasteiger partial charge in [0.25, 0.3) is 11.6 Å². The van der Waals surface area contributed by atoms with E-state index in [2.05, 4.69) is 5.32 Å². The number of methoxy groups -OCH3 is 1. The number of hydrogen-bond donors (Lipinski definition) is 4. The summed E-state index contributed by atoms with van der Waals surface area (Å²) < 4.78 is 5.37. The molecule has 1 unspecified atom stereocenters. The summed E-state index contributed by atoms with van der Waals surface area (Å²) in [5.74, 6) is -3.45. The molecule has 0 saturated carbocycles. The van der Waals surface area contributed by atoms with E-state index in [-0.39, 0.29) is 41.6 Å². The molecule has 1 fully saturated rings. The first-order valence-corrected chi connectivity index (χ1v) is 12.6. The molecule has 188 valence electrons. The smallest absolute Gasteiger partial charge is 0.352 e. The molecule has 2 heterocycles. The number of thioether (sulfide) groups is 2. The van der Waals surface area contributed by atoms with E-state index in [0.29, 0.717) is 11.1 Å². The molecular formula is C22H25N3O8S2. The highest BCUT2D eigenvalue weighted by Gasteiger charge is 2.66. The second-order valence-corrected chi connectivity index (χ2v) is 9.88. The van der Waals surface area contributed by atoms with Crippen LogP contribution in [0.1, 0.15) is 29.6 Å². The van der Waals surface area contributed by atoms with E-state index in [1.807, 2.05) is 0 Å². The van der Waals surface area contributed by atoms with E-state index in [0.717, 1.165) is 16.7 Å². The Morgan fingerprint density at radius 3 is 2.57 bits per heavy atom. The molecular weight excluding hydrogens is 498 g/mol. The molecule has 0 spiro atoms. The maximum Gasteiger partial charge on any atom is 0.352 e. The third-order valence-electron chi connectivity index (χ3n) is 5.58. The average Bonchev–Trinajstić information content (AvgIpc) is 2.85. The van der Waals surface area contributed by atoms with Crippen LogP contribution in [0.25, 0.3) is 0 Å². The lowest BCUT2D eigenvalue weighted by Crippen LogP contribution is -2.80. The van der Waals surface area contributed by atoms with Crippen LogP contribution in [0, 0.1) is 0 Å². The molecule has 2 aliphatic rings. The van der Waals surface area contributed by atoms with Gasteiger partial charge in [-0.1, -0.05) is 42.1 Å². The Morgan fingerprint density at radius 1 is 1.29 bits per heavy atom. The SMILES string of the molecule is CO[C@@]1(NC(=O)CCCC(N)C(=O)O)C(=O)N2C(C(=O)O)=C(CSC(=O)c3ccccc3)CS[C@H]21. The van der Waals surface area contributed by atoms with Crippen molar-refractivity contribution >= 4 is 52.4 Å². The highest BCUT2D eigenvalue weighted by molar-refractivity contribution is 8.14. The Kier molecular flexibility index (Phi) is 8.59. The number of nitrogens with one attached hydrogen (secondary N) is 1. The van der Waals surface area contributed by atoms with Gasteiger partial charge in [0.05, 0.1) is 0 Å². The minimum absolute atomic E-state index is 0.0790. The fraction of sp³-hybridized carbons (Fsp3) is 0.409. The van der Waals surface area contributed by atoms with Gasteiger partial charge in [-0.2, -0.15) is 0 Å². The van der Waals surface area contributed by atoms with Crippen molar-refractivity contribution in [3.63, 3.8) is 0 Å². The Labute approximate surface area is 209 Å². The van der Waals surface area contributed by atoms with E-state index in [9.17, 15) is 29.1 Å². The number of amides is 2. The maximum absolute atomic E-state index is 13.1. The molecule has 35 heavy (non-hydrogen) atoms. The van der Waals surface area contributed by atoms with Crippen LogP contribution in [-0.2, 0) is 23.9 Å². The summed E-state index contributed by atoms with van der Waals surface area (Å²) in [6.45, 7) is 0. The van der Waals surface area contributed by atoms with E-state index < -0.39 is 40.9 Å². The molecule has 2 aliphatic heterocycles. The van der Waals surface area contributed by atoms with E-state index in [1.54, 1.807) is 30.3 Å². The number of carboxylic acids is 2. The summed E-state index contributed by atoms with van der Waals surface area (Å²) >= 11 is 2.17. The van der Waals surface area contributed by atoms with Gasteiger partial charge in [-0.15, -0.1) is 11.8 Å². The molecule has 11 nitrogen and oxygen atoms in total. The van der Waals surface area contributed by atoms with Gasteiger partial charge in [0, 0.05) is 30.6 Å². The van der Waals surface area contributed by atoms with Gasteiger partial charge in [0.15, 0.2) is 0 Å². The van der Waals surface area contributed by atoms with Gasteiger partial charge in [0.2, 0.25) is 11.0 Å². The van der Waals surface area contributed by atoms with Crippen LogP contribution in [0.3, 0.4) is 0 Å². The van der Waals surface area contributed by atoms with Crippen molar-refractivity contribution in [3.8, 4) is 0 Å². The van der Waals surface area contributed by atoms with Crippen molar-refractivity contribution in [2.24, 2.45) is 5.73 Å². The monoisotopic (exact) mass is 523 g/mol. The molecule has 1 saturated heterocycles. The molecule has 0 bridgehead atoms. The minimum atomic E-state index is -1.74. The summed E-state index contributed by atoms with van der Waals surface area (Å²) in [7, 11) is 1.24. The standard InChI is InChI=1S/C22H25N3O8S2/c1-33-22(24-15(26)9-5-8-14(23)17(27)28)20(32)25-16(18(29)30)13(11-35-21(22)25)10-34-19(31)12-6-3-2-4-7-12/h2-4,6-7,14,21H,5,8-11,23H2,1H3,(H,24,26)(H,27,28)(H,29,30)/t14?,21-,22-/m0/s1. The average molecular weight is 524 g/mol. The molecule has 3 atom stereocenters. The van der Waals surface area contributed by atoms with Gasteiger partial charge in [-0.25, -0.2) is 4.79 Å². The summed E-state index contributed by atoms with van der Waals surface area (Å²) in [4.78, 5) is 61.9. The third kappa shape index (κ3) is 5.53. The van der Waals surface area contributed by atoms with Crippen molar-refractivity contribution in [2.45, 2.75) is 36.4 Å². The zero-order valence-electron chi connectivity index (χ0n) is 18.8. The Bertz CT molecular complexity index is 1060. The number of benzene rings is 1. The molecule has 13 heteroatoms. The molecule has 2 amide bonds. The lowest BCUT2D eigenvalue weighted by molar-refractivity contribution is -0.192. The predicted octanol–water partition coefficient (Wildman–Crippen LogP) is 0.855. The van der Waals surface area contributed by atoms with Crippen LogP contribution < -0.4 is 11.1 Å². The van der Waals surface area contributed by atoms with Crippen molar-refractivity contribution < 1.29 is 38.9 Å². The normalized spacial score (nSPS) is 22.2. The van der Waals surface area contributed by atoms with Gasteiger partial charge in [0.1, 0.15) is 17.1 Å². The summed E-state index contributed by atoms with van der Waals surface area (Å²) in [5, 5.41) is 20.2. The minimum Gasteiger partial charge on any atom is -0.480 e. The summed E-state index contributed by atoms with van der Waals surface area (Å²) in [6.07, 6.45) is 0.184. The van der Waals surface area contributed by atoms with Gasteiger partial charge in [-0.3, -0.25) is 24.1 Å². The Balaban J connectivity index is 1.69. The Hall–Kier alpha value is -2.87. The number of aliphatic carboxylic acids is 2. The van der Waals surface area contributed by atoms with Crippen molar-refractivity contribution in [1.82, 2.24) is 10.2 Å². The van der Waals surface area contributed by atoms with Crippen LogP contribution in [0.2, 0.25) is 0 Å². The molecule has 3 rings (SSSR count). The topological polar surface area (TPSA) is 176 Å². The van der Waals surface area contributed by atoms with Crippen LogP contribution >= 0.6 is 23.5 Å². The van der Waals surface area contributed by atoms with Gasteiger partial charge < -0.3 is 26.0 Å². The van der Waals surface area contributed by atoms with Crippen LogP contribution in [-0.4, -0.2) is 79.7 Å². The Morgan fingerprint density at radius 2 is 1.97 bits per heavy atom. The lowest BCUT2D eigenvalue weighted by Gasteiger charge is -2.55. The molecule has 0 aliphatic carbocycles. The lowest BCUT2D eigenvalue weighted by atomic mass is 9.98. The molecule has 0 radical (unpaired) electrons. The number of β-lactam (4-membered cyclic amide) rings is 1. The molecule has 1 aromatic rings. The summed E-state index contributed by atoms with van der Waals surface area (Å²) in [6, 6.07) is 7.48. The highest BCUT2D eigenvalue weighted by Crippen LogP contribution is 2.47.